The summed E-state index contributed by atoms with van der Waals surface area (Å²) in [6, 6.07) is 83.4. The van der Waals surface area contributed by atoms with E-state index in [0.717, 1.165) is 50.1 Å². The molecule has 0 aliphatic heterocycles. The van der Waals surface area contributed by atoms with Crippen molar-refractivity contribution in [1.82, 2.24) is 0 Å². The van der Waals surface area contributed by atoms with Gasteiger partial charge in [-0.3, -0.25) is 0 Å². The lowest BCUT2D eigenvalue weighted by atomic mass is 9.67. The minimum Gasteiger partial charge on any atom is -0.453 e. The zero-order valence-corrected chi connectivity index (χ0v) is 39.2. The first kappa shape index (κ1) is 39.9. The van der Waals surface area contributed by atoms with Crippen molar-refractivity contribution in [2.45, 2.75) is 43.9 Å². The number of benzene rings is 10. The Kier molecular flexibility index (Phi) is 8.33. The number of rotatable bonds is 6. The van der Waals surface area contributed by atoms with Gasteiger partial charge in [-0.2, -0.15) is 0 Å². The summed E-state index contributed by atoms with van der Waals surface area (Å²) in [5.74, 6) is 0. The first-order valence-electron chi connectivity index (χ1n) is 24.3. The molecule has 69 heavy (non-hydrogen) atoms. The summed E-state index contributed by atoms with van der Waals surface area (Å²) in [6.07, 6.45) is 0. The van der Waals surface area contributed by atoms with E-state index >= 15 is 0 Å². The van der Waals surface area contributed by atoms with E-state index in [2.05, 4.69) is 257 Å². The first-order chi connectivity index (χ1) is 33.7. The van der Waals surface area contributed by atoms with Gasteiger partial charge in [-0.15, -0.1) is 0 Å². The number of hydrogen-bond donors (Lipinski definition) is 0. The van der Waals surface area contributed by atoms with Gasteiger partial charge >= 0.3 is 0 Å². The summed E-state index contributed by atoms with van der Waals surface area (Å²) in [7, 11) is 0. The Morgan fingerprint density at radius 1 is 0.319 bits per heavy atom. The zero-order valence-electron chi connectivity index (χ0n) is 39.2. The molecule has 2 heteroatoms. The van der Waals surface area contributed by atoms with Gasteiger partial charge in [-0.1, -0.05) is 216 Å². The Balaban J connectivity index is 0.983. The summed E-state index contributed by atoms with van der Waals surface area (Å²) in [6.45, 7) is 9.46. The van der Waals surface area contributed by atoms with Crippen LogP contribution in [-0.4, -0.2) is 0 Å². The number of anilines is 3. The molecule has 328 valence electrons. The number of hydrogen-bond acceptors (Lipinski definition) is 2. The minimum atomic E-state index is -0.502. The van der Waals surface area contributed by atoms with Crippen LogP contribution in [0.5, 0.6) is 0 Å². The molecular formula is C67H49NO. The van der Waals surface area contributed by atoms with Crippen LogP contribution >= 0.6 is 0 Å². The van der Waals surface area contributed by atoms with Gasteiger partial charge in [0, 0.05) is 38.5 Å². The highest BCUT2D eigenvalue weighted by molar-refractivity contribution is 6.14. The Bertz CT molecular complexity index is 3760. The first-order valence-corrected chi connectivity index (χ1v) is 24.3. The van der Waals surface area contributed by atoms with Crippen LogP contribution in [0.1, 0.15) is 72.2 Å². The van der Waals surface area contributed by atoms with Crippen LogP contribution in [0.3, 0.4) is 0 Å². The largest absolute Gasteiger partial charge is 0.453 e. The number of nitrogens with zero attached hydrogens (tertiary/aromatic N) is 1. The highest BCUT2D eigenvalue weighted by Crippen LogP contribution is 2.58. The van der Waals surface area contributed by atoms with E-state index in [9.17, 15) is 0 Å². The maximum atomic E-state index is 7.42. The fourth-order valence-corrected chi connectivity index (χ4v) is 12.9. The van der Waals surface area contributed by atoms with Crippen molar-refractivity contribution < 1.29 is 4.42 Å². The van der Waals surface area contributed by atoms with Gasteiger partial charge in [-0.25, -0.2) is 0 Å². The molecule has 2 nitrogen and oxygen atoms in total. The molecule has 0 unspecified atom stereocenters. The molecule has 0 radical (unpaired) electrons. The van der Waals surface area contributed by atoms with Gasteiger partial charge < -0.3 is 9.32 Å². The van der Waals surface area contributed by atoms with Crippen LogP contribution in [0.2, 0.25) is 0 Å². The average molecular weight is 884 g/mol. The molecule has 11 aromatic rings. The van der Waals surface area contributed by atoms with Gasteiger partial charge in [0.15, 0.2) is 5.58 Å². The summed E-state index contributed by atoms with van der Waals surface area (Å²) < 4.78 is 7.42. The Labute approximate surface area is 403 Å². The summed E-state index contributed by atoms with van der Waals surface area (Å²) in [5, 5.41) is 2.19. The maximum Gasteiger partial charge on any atom is 0.159 e. The number of para-hydroxylation sites is 2. The molecule has 0 saturated heterocycles. The topological polar surface area (TPSA) is 16.4 Å². The van der Waals surface area contributed by atoms with E-state index in [1.54, 1.807) is 0 Å². The monoisotopic (exact) mass is 883 g/mol. The van der Waals surface area contributed by atoms with Crippen molar-refractivity contribution in [3.05, 3.63) is 269 Å². The van der Waals surface area contributed by atoms with E-state index in [0.29, 0.717) is 0 Å². The lowest BCUT2D eigenvalue weighted by Gasteiger charge is -2.34. The van der Waals surface area contributed by atoms with Crippen molar-refractivity contribution in [3.8, 4) is 44.5 Å². The van der Waals surface area contributed by atoms with Gasteiger partial charge in [0.05, 0.1) is 11.1 Å². The van der Waals surface area contributed by atoms with Gasteiger partial charge in [-0.05, 0) is 120 Å². The lowest BCUT2D eigenvalue weighted by Crippen LogP contribution is -2.28. The Morgan fingerprint density at radius 2 is 0.754 bits per heavy atom. The van der Waals surface area contributed by atoms with Crippen molar-refractivity contribution in [1.29, 1.82) is 0 Å². The molecule has 0 N–H and O–H groups in total. The molecule has 1 aromatic heterocycles. The molecule has 0 bridgehead atoms. The predicted molar refractivity (Wildman–Crippen MR) is 286 cm³/mol. The van der Waals surface area contributed by atoms with Crippen LogP contribution in [0.25, 0.3) is 66.4 Å². The number of furan rings is 1. The summed E-state index contributed by atoms with van der Waals surface area (Å²) in [4.78, 5) is 2.45. The van der Waals surface area contributed by atoms with Crippen molar-refractivity contribution in [3.63, 3.8) is 0 Å². The fourth-order valence-electron chi connectivity index (χ4n) is 12.9. The molecule has 0 amide bonds. The summed E-state index contributed by atoms with van der Waals surface area (Å²) >= 11 is 0. The molecule has 0 spiro atoms. The molecule has 10 aromatic carbocycles. The third-order valence-electron chi connectivity index (χ3n) is 16.2. The molecule has 14 rings (SSSR count). The maximum absolute atomic E-state index is 7.42. The van der Waals surface area contributed by atoms with Gasteiger partial charge in [0.2, 0.25) is 0 Å². The van der Waals surface area contributed by atoms with Crippen LogP contribution in [0, 0.1) is 0 Å². The standard InChI is InChI=1S/C67H49NO/c1-65(2)56-29-14-11-23-48(56)51-37-34-45(40-59(51)65)68(46-35-38-52-49-24-12-15-30-57(49)66(3,4)60(52)41-46)62-32-18-28-55-54-27-17-26-47(63(54)69-64(55)62)42-33-36-53-50-25-13-16-31-58(50)67(61(53)39-42,43-19-7-5-8-20-43)44-21-9-6-10-22-44/h5-41H,1-4H3. The van der Waals surface area contributed by atoms with E-state index in [4.69, 9.17) is 4.42 Å². The van der Waals surface area contributed by atoms with E-state index < -0.39 is 5.41 Å². The van der Waals surface area contributed by atoms with Crippen LogP contribution in [-0.2, 0) is 16.2 Å². The molecule has 0 atom stereocenters. The molecular weight excluding hydrogens is 835 g/mol. The molecule has 3 aliphatic rings. The third kappa shape index (κ3) is 5.43. The fraction of sp³-hybridized carbons (Fsp3) is 0.104. The third-order valence-corrected chi connectivity index (χ3v) is 16.2. The second kappa shape index (κ2) is 14.4. The summed E-state index contributed by atoms with van der Waals surface area (Å²) in [5.41, 5.74) is 24.6. The quantitative estimate of drug-likeness (QED) is 0.165. The molecule has 0 fully saturated rings. The van der Waals surface area contributed by atoms with E-state index in [-0.39, 0.29) is 10.8 Å². The van der Waals surface area contributed by atoms with E-state index in [1.165, 1.54) is 77.9 Å². The zero-order chi connectivity index (χ0) is 46.2. The van der Waals surface area contributed by atoms with Gasteiger partial charge in [0.1, 0.15) is 5.58 Å². The predicted octanol–water partition coefficient (Wildman–Crippen LogP) is 17.7. The van der Waals surface area contributed by atoms with Crippen molar-refractivity contribution in [2.75, 3.05) is 4.90 Å². The normalized spacial score (nSPS) is 15.0. The second-order valence-electron chi connectivity index (χ2n) is 20.4. The SMILES string of the molecule is CC1(C)c2ccccc2-c2ccc(N(c3ccc4c(c3)C(C)(C)c3ccccc3-4)c3cccc4c3oc3c(-c5ccc6c(c5)C(c5ccccc5)(c5ccccc5)c5ccccc5-6)cccc34)cc21. The number of fused-ring (bicyclic) bond motifs is 12. The molecule has 0 saturated carbocycles. The van der Waals surface area contributed by atoms with Crippen LogP contribution in [0.4, 0.5) is 17.1 Å². The second-order valence-corrected chi connectivity index (χ2v) is 20.4. The Morgan fingerprint density at radius 3 is 1.33 bits per heavy atom. The van der Waals surface area contributed by atoms with Crippen LogP contribution in [0.15, 0.2) is 229 Å². The van der Waals surface area contributed by atoms with E-state index in [1.807, 2.05) is 0 Å². The van der Waals surface area contributed by atoms with Gasteiger partial charge in [0.25, 0.3) is 0 Å². The molecule has 1 heterocycles. The van der Waals surface area contributed by atoms with Crippen molar-refractivity contribution in [2.24, 2.45) is 0 Å². The minimum absolute atomic E-state index is 0.161. The lowest BCUT2D eigenvalue weighted by molar-refractivity contribution is 0.659. The Hall–Kier alpha value is -8.20. The highest BCUT2D eigenvalue weighted by Gasteiger charge is 2.46. The smallest absolute Gasteiger partial charge is 0.159 e. The molecule has 3 aliphatic carbocycles. The highest BCUT2D eigenvalue weighted by atomic mass is 16.3. The van der Waals surface area contributed by atoms with Crippen molar-refractivity contribution >= 4 is 39.0 Å². The average Bonchev–Trinajstić information content (AvgIpc) is 4.07. The van der Waals surface area contributed by atoms with Crippen LogP contribution < -0.4 is 4.90 Å².